The maximum absolute atomic E-state index is 12.0. The van der Waals surface area contributed by atoms with Crippen molar-refractivity contribution in [2.75, 3.05) is 26.2 Å². The topological polar surface area (TPSA) is 32.3 Å². The quantitative estimate of drug-likeness (QED) is 0.768. The molecular weight excluding hydrogens is 210 g/mol. The van der Waals surface area contributed by atoms with E-state index in [4.69, 9.17) is 0 Å². The standard InChI is InChI=1S/C8H14F2N2OS/c1-6(14-8(9)10)7(13)12-4-2-11-3-5-12/h6,8,11H,2-5H2,1H3. The lowest BCUT2D eigenvalue weighted by Gasteiger charge is -2.29. The SMILES string of the molecule is CC(SC(F)F)C(=O)N1CCNCC1. The van der Waals surface area contributed by atoms with Gasteiger partial charge in [-0.15, -0.1) is 0 Å². The maximum Gasteiger partial charge on any atom is 0.285 e. The monoisotopic (exact) mass is 224 g/mol. The zero-order chi connectivity index (χ0) is 10.6. The maximum atomic E-state index is 12.0. The Morgan fingerprint density at radius 1 is 1.43 bits per heavy atom. The van der Waals surface area contributed by atoms with Gasteiger partial charge in [0.15, 0.2) is 0 Å². The van der Waals surface area contributed by atoms with E-state index in [-0.39, 0.29) is 5.91 Å². The van der Waals surface area contributed by atoms with Crippen LogP contribution in [-0.2, 0) is 4.79 Å². The molecule has 1 aliphatic heterocycles. The number of nitrogens with zero attached hydrogens (tertiary/aromatic N) is 1. The van der Waals surface area contributed by atoms with Crippen LogP contribution in [0.3, 0.4) is 0 Å². The van der Waals surface area contributed by atoms with Gasteiger partial charge in [-0.05, 0) is 6.92 Å². The fourth-order valence-corrected chi connectivity index (χ4v) is 1.93. The van der Waals surface area contributed by atoms with Crippen LogP contribution >= 0.6 is 11.8 Å². The molecule has 6 heteroatoms. The number of hydrogen-bond acceptors (Lipinski definition) is 3. The van der Waals surface area contributed by atoms with Gasteiger partial charge >= 0.3 is 0 Å². The van der Waals surface area contributed by atoms with E-state index in [0.29, 0.717) is 24.9 Å². The summed E-state index contributed by atoms with van der Waals surface area (Å²) >= 11 is 0.411. The molecule has 1 rings (SSSR count). The summed E-state index contributed by atoms with van der Waals surface area (Å²) in [4.78, 5) is 13.2. The summed E-state index contributed by atoms with van der Waals surface area (Å²) in [5, 5.41) is 2.46. The predicted molar refractivity (Wildman–Crippen MR) is 52.5 cm³/mol. The number of carbonyl (C=O) groups excluding carboxylic acids is 1. The van der Waals surface area contributed by atoms with Crippen LogP contribution in [0.25, 0.3) is 0 Å². The molecule has 0 spiro atoms. The summed E-state index contributed by atoms with van der Waals surface area (Å²) in [5.41, 5.74) is 0. The Bertz CT molecular complexity index is 198. The van der Waals surface area contributed by atoms with Gasteiger partial charge in [-0.3, -0.25) is 4.79 Å². The van der Waals surface area contributed by atoms with Crippen molar-refractivity contribution in [1.29, 1.82) is 0 Å². The van der Waals surface area contributed by atoms with Crippen LogP contribution in [0.5, 0.6) is 0 Å². The van der Waals surface area contributed by atoms with Crippen molar-refractivity contribution in [2.24, 2.45) is 0 Å². The Kier molecular flexibility index (Phi) is 4.60. The van der Waals surface area contributed by atoms with Crippen molar-refractivity contribution in [3.8, 4) is 0 Å². The van der Waals surface area contributed by atoms with Crippen molar-refractivity contribution in [3.05, 3.63) is 0 Å². The molecule has 14 heavy (non-hydrogen) atoms. The summed E-state index contributed by atoms with van der Waals surface area (Å²) in [6.07, 6.45) is 0. The highest BCUT2D eigenvalue weighted by Crippen LogP contribution is 2.21. The van der Waals surface area contributed by atoms with Crippen molar-refractivity contribution in [2.45, 2.75) is 17.9 Å². The molecule has 0 bridgehead atoms. The summed E-state index contributed by atoms with van der Waals surface area (Å²) in [6.45, 7) is 4.26. The Morgan fingerprint density at radius 2 is 2.00 bits per heavy atom. The molecule has 1 aliphatic rings. The van der Waals surface area contributed by atoms with E-state index in [1.165, 1.54) is 6.92 Å². The van der Waals surface area contributed by atoms with Crippen LogP contribution in [0, 0.1) is 0 Å². The first-order valence-electron chi connectivity index (χ1n) is 4.54. The van der Waals surface area contributed by atoms with Crippen LogP contribution in [0.2, 0.25) is 0 Å². The van der Waals surface area contributed by atoms with Crippen molar-refractivity contribution >= 4 is 17.7 Å². The smallest absolute Gasteiger partial charge is 0.285 e. The molecule has 1 N–H and O–H groups in total. The van der Waals surface area contributed by atoms with Gasteiger partial charge < -0.3 is 10.2 Å². The highest BCUT2D eigenvalue weighted by atomic mass is 32.2. The number of thioether (sulfide) groups is 1. The molecule has 0 aromatic heterocycles. The zero-order valence-electron chi connectivity index (χ0n) is 8.00. The molecule has 0 aromatic carbocycles. The minimum Gasteiger partial charge on any atom is -0.339 e. The van der Waals surface area contributed by atoms with Crippen molar-refractivity contribution in [3.63, 3.8) is 0 Å². The molecule has 0 aromatic rings. The minimum absolute atomic E-state index is 0.184. The number of piperazine rings is 1. The fraction of sp³-hybridized carbons (Fsp3) is 0.875. The van der Waals surface area contributed by atoms with Gasteiger partial charge in [0.05, 0.1) is 5.25 Å². The molecule has 1 atom stereocenters. The highest BCUT2D eigenvalue weighted by molar-refractivity contribution is 8.00. The third kappa shape index (κ3) is 3.42. The van der Waals surface area contributed by atoms with Gasteiger partial charge in [0.1, 0.15) is 0 Å². The normalized spacial score (nSPS) is 19.9. The van der Waals surface area contributed by atoms with E-state index in [2.05, 4.69) is 5.32 Å². The van der Waals surface area contributed by atoms with Gasteiger partial charge in [0.25, 0.3) is 5.76 Å². The minimum atomic E-state index is -2.48. The Labute approximate surface area is 86.2 Å². The fourth-order valence-electron chi connectivity index (χ4n) is 1.35. The van der Waals surface area contributed by atoms with E-state index in [9.17, 15) is 13.6 Å². The van der Waals surface area contributed by atoms with Crippen LogP contribution in [-0.4, -0.2) is 48.0 Å². The van der Waals surface area contributed by atoms with Crippen LogP contribution in [0.15, 0.2) is 0 Å². The van der Waals surface area contributed by atoms with Crippen LogP contribution < -0.4 is 5.32 Å². The number of nitrogens with one attached hydrogen (secondary N) is 1. The van der Waals surface area contributed by atoms with E-state index in [1.807, 2.05) is 0 Å². The number of carbonyl (C=O) groups is 1. The number of amides is 1. The molecule has 82 valence electrons. The number of hydrogen-bond donors (Lipinski definition) is 1. The lowest BCUT2D eigenvalue weighted by molar-refractivity contribution is -0.130. The second kappa shape index (κ2) is 5.50. The number of alkyl halides is 2. The lowest BCUT2D eigenvalue weighted by Crippen LogP contribution is -2.48. The van der Waals surface area contributed by atoms with E-state index in [0.717, 1.165) is 13.1 Å². The van der Waals surface area contributed by atoms with Gasteiger partial charge in [-0.1, -0.05) is 11.8 Å². The molecule has 1 fully saturated rings. The molecule has 0 saturated carbocycles. The molecule has 0 aliphatic carbocycles. The van der Waals surface area contributed by atoms with Gasteiger partial charge in [-0.25, -0.2) is 0 Å². The molecule has 1 saturated heterocycles. The van der Waals surface area contributed by atoms with Crippen LogP contribution in [0.1, 0.15) is 6.92 Å². The number of rotatable bonds is 3. The van der Waals surface area contributed by atoms with E-state index in [1.54, 1.807) is 4.90 Å². The van der Waals surface area contributed by atoms with Gasteiger partial charge in [0, 0.05) is 26.2 Å². The molecular formula is C8H14F2N2OS. The van der Waals surface area contributed by atoms with Gasteiger partial charge in [0.2, 0.25) is 5.91 Å². The number of halogens is 2. The van der Waals surface area contributed by atoms with E-state index >= 15 is 0 Å². The highest BCUT2D eigenvalue weighted by Gasteiger charge is 2.24. The third-order valence-corrected chi connectivity index (χ3v) is 2.90. The van der Waals surface area contributed by atoms with Crippen LogP contribution in [0.4, 0.5) is 8.78 Å². The van der Waals surface area contributed by atoms with Gasteiger partial charge in [-0.2, -0.15) is 8.78 Å². The average Bonchev–Trinajstić information content (AvgIpc) is 2.17. The molecule has 3 nitrogen and oxygen atoms in total. The zero-order valence-corrected chi connectivity index (χ0v) is 8.82. The molecule has 1 unspecified atom stereocenters. The average molecular weight is 224 g/mol. The van der Waals surface area contributed by atoms with Crippen molar-refractivity contribution in [1.82, 2.24) is 10.2 Å². The first-order valence-corrected chi connectivity index (χ1v) is 5.48. The lowest BCUT2D eigenvalue weighted by atomic mass is 10.3. The Balaban J connectivity index is 2.38. The third-order valence-electron chi connectivity index (χ3n) is 2.08. The molecule has 1 heterocycles. The summed E-state index contributed by atoms with van der Waals surface area (Å²) in [6, 6.07) is 0. The summed E-state index contributed by atoms with van der Waals surface area (Å²) < 4.78 is 24.0. The second-order valence-corrected chi connectivity index (χ2v) is 4.45. The Morgan fingerprint density at radius 3 is 2.50 bits per heavy atom. The van der Waals surface area contributed by atoms with Crippen molar-refractivity contribution < 1.29 is 13.6 Å². The largest absolute Gasteiger partial charge is 0.339 e. The first kappa shape index (κ1) is 11.7. The molecule has 0 radical (unpaired) electrons. The van der Waals surface area contributed by atoms with E-state index < -0.39 is 11.0 Å². The molecule has 1 amide bonds. The predicted octanol–water partition coefficient (Wildman–Crippen LogP) is 0.762. The Hall–Kier alpha value is -0.360. The second-order valence-electron chi connectivity index (χ2n) is 3.11. The summed E-state index contributed by atoms with van der Waals surface area (Å²) in [5.74, 6) is -2.66. The summed E-state index contributed by atoms with van der Waals surface area (Å²) in [7, 11) is 0. The first-order chi connectivity index (χ1) is 6.61.